The van der Waals surface area contributed by atoms with Crippen LogP contribution in [0.4, 0.5) is 0 Å². The first-order valence-electron chi connectivity index (χ1n) is 5.14. The molecule has 0 bridgehead atoms. The van der Waals surface area contributed by atoms with Gasteiger partial charge < -0.3 is 10.2 Å². The van der Waals surface area contributed by atoms with Crippen LogP contribution in [0.2, 0.25) is 0 Å². The third-order valence-corrected chi connectivity index (χ3v) is 3.37. The molecule has 2 rings (SSSR count). The standard InChI is InChI=1S/C13H12N2OS/c1-8-6-10(9(2)16-8)13(15)11(7-14)12-4-3-5-17-12/h3-6H,15H2,1-2H3/b13-11+. The second-order valence-electron chi connectivity index (χ2n) is 3.70. The summed E-state index contributed by atoms with van der Waals surface area (Å²) in [5.41, 5.74) is 7.84. The summed E-state index contributed by atoms with van der Waals surface area (Å²) in [6.45, 7) is 3.71. The van der Waals surface area contributed by atoms with Crippen LogP contribution in [0.3, 0.4) is 0 Å². The molecular formula is C13H12N2OS. The van der Waals surface area contributed by atoms with Crippen LogP contribution in [0, 0.1) is 25.2 Å². The maximum atomic E-state index is 9.22. The number of thiophene rings is 1. The summed E-state index contributed by atoms with van der Waals surface area (Å²) in [6.07, 6.45) is 0. The van der Waals surface area contributed by atoms with Crippen molar-refractivity contribution in [2.24, 2.45) is 5.73 Å². The van der Waals surface area contributed by atoms with Gasteiger partial charge >= 0.3 is 0 Å². The van der Waals surface area contributed by atoms with Gasteiger partial charge in [0.2, 0.25) is 0 Å². The Morgan fingerprint density at radius 2 is 2.24 bits per heavy atom. The second-order valence-corrected chi connectivity index (χ2v) is 4.65. The first-order valence-corrected chi connectivity index (χ1v) is 6.02. The molecule has 0 aliphatic heterocycles. The Labute approximate surface area is 104 Å². The molecular weight excluding hydrogens is 232 g/mol. The Hall–Kier alpha value is -1.99. The van der Waals surface area contributed by atoms with E-state index in [1.165, 1.54) is 11.3 Å². The number of hydrogen-bond donors (Lipinski definition) is 1. The molecule has 2 aromatic heterocycles. The molecule has 3 nitrogen and oxygen atoms in total. The maximum absolute atomic E-state index is 9.22. The number of allylic oxidation sites excluding steroid dienone is 1. The fraction of sp³-hybridized carbons (Fsp3) is 0.154. The van der Waals surface area contributed by atoms with Gasteiger partial charge in [-0.05, 0) is 31.4 Å². The number of nitrogens with two attached hydrogens (primary N) is 1. The molecule has 0 aliphatic rings. The molecule has 0 fully saturated rings. The molecule has 0 saturated carbocycles. The average molecular weight is 244 g/mol. The lowest BCUT2D eigenvalue weighted by Crippen LogP contribution is -2.00. The molecule has 2 heterocycles. The Balaban J connectivity index is 2.58. The highest BCUT2D eigenvalue weighted by molar-refractivity contribution is 7.11. The predicted octanol–water partition coefficient (Wildman–Crippen LogP) is 3.31. The zero-order chi connectivity index (χ0) is 12.4. The zero-order valence-corrected chi connectivity index (χ0v) is 10.5. The largest absolute Gasteiger partial charge is 0.466 e. The predicted molar refractivity (Wildman–Crippen MR) is 69.1 cm³/mol. The summed E-state index contributed by atoms with van der Waals surface area (Å²) >= 11 is 1.50. The summed E-state index contributed by atoms with van der Waals surface area (Å²) in [4.78, 5) is 0.878. The molecule has 0 amide bonds. The highest BCUT2D eigenvalue weighted by Crippen LogP contribution is 2.28. The van der Waals surface area contributed by atoms with E-state index in [9.17, 15) is 5.26 Å². The maximum Gasteiger partial charge on any atom is 0.110 e. The van der Waals surface area contributed by atoms with E-state index in [-0.39, 0.29) is 0 Å². The van der Waals surface area contributed by atoms with Gasteiger partial charge in [0.1, 0.15) is 17.6 Å². The number of hydrogen-bond acceptors (Lipinski definition) is 4. The van der Waals surface area contributed by atoms with Crippen LogP contribution in [-0.4, -0.2) is 0 Å². The molecule has 0 atom stereocenters. The Kier molecular flexibility index (Phi) is 3.03. The lowest BCUT2D eigenvalue weighted by molar-refractivity contribution is 0.504. The number of nitriles is 1. The van der Waals surface area contributed by atoms with E-state index in [0.29, 0.717) is 11.3 Å². The highest BCUT2D eigenvalue weighted by atomic mass is 32.1. The van der Waals surface area contributed by atoms with E-state index in [1.54, 1.807) is 0 Å². The van der Waals surface area contributed by atoms with Crippen molar-refractivity contribution < 1.29 is 4.42 Å². The van der Waals surface area contributed by atoms with Crippen molar-refractivity contribution in [3.63, 3.8) is 0 Å². The van der Waals surface area contributed by atoms with Gasteiger partial charge in [0.15, 0.2) is 0 Å². The molecule has 2 aromatic rings. The normalized spacial score (nSPS) is 12.1. The Morgan fingerprint density at radius 3 is 2.71 bits per heavy atom. The smallest absolute Gasteiger partial charge is 0.110 e. The molecule has 0 saturated heterocycles. The van der Waals surface area contributed by atoms with Crippen LogP contribution < -0.4 is 5.73 Å². The van der Waals surface area contributed by atoms with Crippen molar-refractivity contribution in [2.45, 2.75) is 13.8 Å². The molecule has 17 heavy (non-hydrogen) atoms. The van der Waals surface area contributed by atoms with E-state index < -0.39 is 0 Å². The van der Waals surface area contributed by atoms with Gasteiger partial charge in [-0.25, -0.2) is 0 Å². The fourth-order valence-electron chi connectivity index (χ4n) is 1.70. The minimum absolute atomic E-state index is 0.476. The van der Waals surface area contributed by atoms with E-state index in [1.807, 2.05) is 37.4 Å². The van der Waals surface area contributed by atoms with Crippen molar-refractivity contribution in [3.05, 3.63) is 45.5 Å². The van der Waals surface area contributed by atoms with E-state index in [0.717, 1.165) is 22.0 Å². The van der Waals surface area contributed by atoms with Crippen molar-refractivity contribution in [1.82, 2.24) is 0 Å². The molecule has 0 unspecified atom stereocenters. The lowest BCUT2D eigenvalue weighted by Gasteiger charge is -2.02. The van der Waals surface area contributed by atoms with Crippen molar-refractivity contribution in [1.29, 1.82) is 5.26 Å². The van der Waals surface area contributed by atoms with E-state index >= 15 is 0 Å². The molecule has 0 spiro atoms. The Morgan fingerprint density at radius 1 is 1.47 bits per heavy atom. The first kappa shape index (κ1) is 11.5. The van der Waals surface area contributed by atoms with Crippen LogP contribution >= 0.6 is 11.3 Å². The van der Waals surface area contributed by atoms with E-state index in [4.69, 9.17) is 10.2 Å². The monoisotopic (exact) mass is 244 g/mol. The summed E-state index contributed by atoms with van der Waals surface area (Å²) in [5, 5.41) is 11.1. The summed E-state index contributed by atoms with van der Waals surface area (Å²) in [7, 11) is 0. The third-order valence-electron chi connectivity index (χ3n) is 2.48. The molecule has 2 N–H and O–H groups in total. The summed E-state index contributed by atoms with van der Waals surface area (Å²) in [5.74, 6) is 1.54. The van der Waals surface area contributed by atoms with Crippen LogP contribution in [0.25, 0.3) is 11.3 Å². The van der Waals surface area contributed by atoms with Gasteiger partial charge in [-0.3, -0.25) is 0 Å². The minimum atomic E-state index is 0.476. The minimum Gasteiger partial charge on any atom is -0.466 e. The molecule has 4 heteroatoms. The van der Waals surface area contributed by atoms with Crippen LogP contribution in [-0.2, 0) is 0 Å². The zero-order valence-electron chi connectivity index (χ0n) is 9.65. The summed E-state index contributed by atoms with van der Waals surface area (Å²) in [6, 6.07) is 7.81. The lowest BCUT2D eigenvalue weighted by atomic mass is 10.1. The van der Waals surface area contributed by atoms with Gasteiger partial charge in [-0.1, -0.05) is 6.07 Å². The van der Waals surface area contributed by atoms with E-state index in [2.05, 4.69) is 6.07 Å². The molecule has 86 valence electrons. The first-order chi connectivity index (χ1) is 8.13. The molecule has 0 aliphatic carbocycles. The van der Waals surface area contributed by atoms with Gasteiger partial charge in [0.25, 0.3) is 0 Å². The van der Waals surface area contributed by atoms with Gasteiger partial charge in [-0.15, -0.1) is 11.3 Å². The molecule has 0 aromatic carbocycles. The Bertz CT molecular complexity index is 600. The third kappa shape index (κ3) is 2.10. The average Bonchev–Trinajstić information content (AvgIpc) is 2.89. The number of furan rings is 1. The van der Waals surface area contributed by atoms with Crippen molar-refractivity contribution in [3.8, 4) is 6.07 Å². The van der Waals surface area contributed by atoms with Gasteiger partial charge in [-0.2, -0.15) is 5.26 Å². The number of rotatable bonds is 2. The number of aryl methyl sites for hydroxylation is 2. The van der Waals surface area contributed by atoms with Crippen LogP contribution in [0.15, 0.2) is 28.0 Å². The summed E-state index contributed by atoms with van der Waals surface area (Å²) < 4.78 is 5.43. The SMILES string of the molecule is Cc1cc(/C(N)=C(/C#N)c2cccs2)c(C)o1. The van der Waals surface area contributed by atoms with Crippen molar-refractivity contribution in [2.75, 3.05) is 0 Å². The van der Waals surface area contributed by atoms with Gasteiger partial charge in [0.05, 0.1) is 11.3 Å². The highest BCUT2D eigenvalue weighted by Gasteiger charge is 2.14. The quantitative estimate of drug-likeness (QED) is 0.824. The van der Waals surface area contributed by atoms with Crippen LogP contribution in [0.1, 0.15) is 22.0 Å². The second kappa shape index (κ2) is 4.48. The van der Waals surface area contributed by atoms with Gasteiger partial charge in [0, 0.05) is 10.4 Å². The molecule has 0 radical (unpaired) electrons. The topological polar surface area (TPSA) is 63.0 Å². The fourth-order valence-corrected chi connectivity index (χ4v) is 2.44. The van der Waals surface area contributed by atoms with Crippen LogP contribution in [0.5, 0.6) is 0 Å². The van der Waals surface area contributed by atoms with Crippen molar-refractivity contribution >= 4 is 22.6 Å². The number of nitrogens with zero attached hydrogens (tertiary/aromatic N) is 1.